The van der Waals surface area contributed by atoms with E-state index in [1.165, 1.54) is 13.2 Å². The molecular formula is C13H17FN2O2. The quantitative estimate of drug-likeness (QED) is 0.835. The molecule has 2 N–H and O–H groups in total. The van der Waals surface area contributed by atoms with Gasteiger partial charge in [0.05, 0.1) is 13.7 Å². The summed E-state index contributed by atoms with van der Waals surface area (Å²) >= 11 is 0. The maximum absolute atomic E-state index is 13.5. The molecule has 98 valence electrons. The molecule has 0 saturated carbocycles. The SMILES string of the molecule is COc1ccc(CCC2CNC(=O)CN2)cc1F. The minimum Gasteiger partial charge on any atom is -0.494 e. The van der Waals surface area contributed by atoms with Crippen molar-refractivity contribution < 1.29 is 13.9 Å². The highest BCUT2D eigenvalue weighted by Gasteiger charge is 2.16. The van der Waals surface area contributed by atoms with Crippen LogP contribution in [0.2, 0.25) is 0 Å². The molecule has 1 aromatic rings. The Bertz CT molecular complexity index is 427. The predicted octanol–water partition coefficient (Wildman–Crippen LogP) is 0.855. The molecular weight excluding hydrogens is 235 g/mol. The number of rotatable bonds is 4. The molecule has 1 heterocycles. The first-order chi connectivity index (χ1) is 8.69. The predicted molar refractivity (Wildman–Crippen MR) is 66.1 cm³/mol. The van der Waals surface area contributed by atoms with E-state index in [0.29, 0.717) is 13.1 Å². The van der Waals surface area contributed by atoms with E-state index < -0.39 is 0 Å². The van der Waals surface area contributed by atoms with Gasteiger partial charge in [-0.05, 0) is 30.5 Å². The molecule has 5 heteroatoms. The average Bonchev–Trinajstić information content (AvgIpc) is 2.38. The highest BCUT2D eigenvalue weighted by atomic mass is 19.1. The smallest absolute Gasteiger partial charge is 0.234 e. The maximum Gasteiger partial charge on any atom is 0.234 e. The van der Waals surface area contributed by atoms with Crippen molar-refractivity contribution in [1.82, 2.24) is 10.6 Å². The number of methoxy groups -OCH3 is 1. The second-order valence-electron chi connectivity index (χ2n) is 4.39. The summed E-state index contributed by atoms with van der Waals surface area (Å²) in [5, 5.41) is 5.95. The van der Waals surface area contributed by atoms with Crippen LogP contribution >= 0.6 is 0 Å². The van der Waals surface area contributed by atoms with E-state index in [-0.39, 0.29) is 23.5 Å². The van der Waals surface area contributed by atoms with Crippen molar-refractivity contribution in [3.8, 4) is 5.75 Å². The number of hydrogen-bond acceptors (Lipinski definition) is 3. The Morgan fingerprint density at radius 1 is 1.50 bits per heavy atom. The van der Waals surface area contributed by atoms with Crippen molar-refractivity contribution in [1.29, 1.82) is 0 Å². The summed E-state index contributed by atoms with van der Waals surface area (Å²) in [6.07, 6.45) is 1.64. The van der Waals surface area contributed by atoms with Crippen LogP contribution < -0.4 is 15.4 Å². The van der Waals surface area contributed by atoms with Gasteiger partial charge in [0.15, 0.2) is 11.6 Å². The van der Waals surface area contributed by atoms with Crippen LogP contribution in [0, 0.1) is 5.82 Å². The number of carbonyl (C=O) groups excluding carboxylic acids is 1. The van der Waals surface area contributed by atoms with Gasteiger partial charge in [-0.3, -0.25) is 4.79 Å². The van der Waals surface area contributed by atoms with Gasteiger partial charge in [0.25, 0.3) is 0 Å². The van der Waals surface area contributed by atoms with Crippen molar-refractivity contribution in [2.45, 2.75) is 18.9 Å². The summed E-state index contributed by atoms with van der Waals surface area (Å²) in [6, 6.07) is 5.26. The van der Waals surface area contributed by atoms with Crippen LogP contribution in [0.15, 0.2) is 18.2 Å². The van der Waals surface area contributed by atoms with E-state index in [1.807, 2.05) is 6.07 Å². The van der Waals surface area contributed by atoms with Gasteiger partial charge in [0.2, 0.25) is 5.91 Å². The third-order valence-electron chi connectivity index (χ3n) is 3.09. The number of halogens is 1. The van der Waals surface area contributed by atoms with Gasteiger partial charge in [-0.2, -0.15) is 0 Å². The molecule has 1 aromatic carbocycles. The molecule has 1 fully saturated rings. The van der Waals surface area contributed by atoms with Gasteiger partial charge in [0.1, 0.15) is 0 Å². The molecule has 1 amide bonds. The van der Waals surface area contributed by atoms with E-state index in [2.05, 4.69) is 10.6 Å². The molecule has 1 saturated heterocycles. The fourth-order valence-corrected chi connectivity index (χ4v) is 2.02. The molecule has 1 atom stereocenters. The number of benzene rings is 1. The summed E-state index contributed by atoms with van der Waals surface area (Å²) in [5.74, 6) is -0.0385. The van der Waals surface area contributed by atoms with E-state index in [1.54, 1.807) is 6.07 Å². The largest absolute Gasteiger partial charge is 0.494 e. The molecule has 1 aliphatic heterocycles. The third-order valence-corrected chi connectivity index (χ3v) is 3.09. The number of amides is 1. The number of nitrogens with one attached hydrogen (secondary N) is 2. The summed E-state index contributed by atoms with van der Waals surface area (Å²) in [7, 11) is 1.45. The van der Waals surface area contributed by atoms with Crippen LogP contribution in [0.4, 0.5) is 4.39 Å². The maximum atomic E-state index is 13.5. The van der Waals surface area contributed by atoms with E-state index in [9.17, 15) is 9.18 Å². The lowest BCUT2D eigenvalue weighted by atomic mass is 10.0. The minimum absolute atomic E-state index is 0.0294. The van der Waals surface area contributed by atoms with Gasteiger partial charge >= 0.3 is 0 Å². The molecule has 0 bridgehead atoms. The highest BCUT2D eigenvalue weighted by molar-refractivity contribution is 5.78. The second-order valence-corrected chi connectivity index (χ2v) is 4.39. The van der Waals surface area contributed by atoms with Gasteiger partial charge in [-0.25, -0.2) is 4.39 Å². The fraction of sp³-hybridized carbons (Fsp3) is 0.462. The molecule has 2 rings (SSSR count). The molecule has 0 aromatic heterocycles. The lowest BCUT2D eigenvalue weighted by Crippen LogP contribution is -2.51. The number of piperazine rings is 1. The van der Waals surface area contributed by atoms with Crippen LogP contribution in [0.25, 0.3) is 0 Å². The number of ether oxygens (including phenoxy) is 1. The topological polar surface area (TPSA) is 50.4 Å². The van der Waals surface area contributed by atoms with Crippen molar-refractivity contribution >= 4 is 5.91 Å². The van der Waals surface area contributed by atoms with Gasteiger partial charge < -0.3 is 15.4 Å². The zero-order valence-corrected chi connectivity index (χ0v) is 10.3. The van der Waals surface area contributed by atoms with Crippen LogP contribution in [0.1, 0.15) is 12.0 Å². The summed E-state index contributed by atoms with van der Waals surface area (Å²) in [4.78, 5) is 11.0. The average molecular weight is 252 g/mol. The summed E-state index contributed by atoms with van der Waals surface area (Å²) in [6.45, 7) is 0.999. The Labute approximate surface area is 106 Å². The molecule has 0 aliphatic carbocycles. The first kappa shape index (κ1) is 12.8. The third kappa shape index (κ3) is 3.20. The van der Waals surface area contributed by atoms with E-state index in [0.717, 1.165) is 18.4 Å². The highest BCUT2D eigenvalue weighted by Crippen LogP contribution is 2.18. The number of carbonyl (C=O) groups is 1. The fourth-order valence-electron chi connectivity index (χ4n) is 2.02. The molecule has 4 nitrogen and oxygen atoms in total. The number of aryl methyl sites for hydroxylation is 1. The van der Waals surface area contributed by atoms with E-state index >= 15 is 0 Å². The Morgan fingerprint density at radius 2 is 2.33 bits per heavy atom. The lowest BCUT2D eigenvalue weighted by Gasteiger charge is -2.23. The Balaban J connectivity index is 1.86. The van der Waals surface area contributed by atoms with Gasteiger partial charge in [-0.15, -0.1) is 0 Å². The summed E-state index contributed by atoms with van der Waals surface area (Å²) in [5.41, 5.74) is 0.937. The molecule has 0 spiro atoms. The van der Waals surface area contributed by atoms with Gasteiger partial charge in [0, 0.05) is 12.6 Å². The van der Waals surface area contributed by atoms with Crippen molar-refractivity contribution in [2.75, 3.05) is 20.2 Å². The van der Waals surface area contributed by atoms with Crippen LogP contribution in [0.3, 0.4) is 0 Å². The normalized spacial score (nSPS) is 19.4. The second kappa shape index (κ2) is 5.82. The van der Waals surface area contributed by atoms with Crippen molar-refractivity contribution in [3.63, 3.8) is 0 Å². The standard InChI is InChI=1S/C13H17FN2O2/c1-18-12-5-3-9(6-11(12)14)2-4-10-7-16-13(17)8-15-10/h3,5-6,10,15H,2,4,7-8H2,1H3,(H,16,17). The van der Waals surface area contributed by atoms with Crippen LogP contribution in [-0.2, 0) is 11.2 Å². The van der Waals surface area contributed by atoms with Crippen LogP contribution in [-0.4, -0.2) is 32.1 Å². The lowest BCUT2D eigenvalue weighted by molar-refractivity contribution is -0.121. The van der Waals surface area contributed by atoms with E-state index in [4.69, 9.17) is 4.74 Å². The Kier molecular flexibility index (Phi) is 4.15. The Morgan fingerprint density at radius 3 is 2.94 bits per heavy atom. The zero-order valence-electron chi connectivity index (χ0n) is 10.3. The number of hydrogen-bond donors (Lipinski definition) is 2. The van der Waals surface area contributed by atoms with Crippen LogP contribution in [0.5, 0.6) is 5.75 Å². The molecule has 1 aliphatic rings. The first-order valence-electron chi connectivity index (χ1n) is 6.01. The molecule has 18 heavy (non-hydrogen) atoms. The van der Waals surface area contributed by atoms with Crippen molar-refractivity contribution in [3.05, 3.63) is 29.6 Å². The molecule has 0 radical (unpaired) electrons. The van der Waals surface area contributed by atoms with Gasteiger partial charge in [-0.1, -0.05) is 6.07 Å². The summed E-state index contributed by atoms with van der Waals surface area (Å²) < 4.78 is 18.3. The zero-order chi connectivity index (χ0) is 13.0. The Hall–Kier alpha value is -1.62. The molecule has 1 unspecified atom stereocenters. The first-order valence-corrected chi connectivity index (χ1v) is 6.01. The monoisotopic (exact) mass is 252 g/mol. The minimum atomic E-state index is -0.333. The van der Waals surface area contributed by atoms with Crippen molar-refractivity contribution in [2.24, 2.45) is 0 Å².